The molecule has 0 aliphatic carbocycles. The van der Waals surface area contributed by atoms with Crippen LogP contribution >= 0.6 is 23.5 Å². The van der Waals surface area contributed by atoms with E-state index in [4.69, 9.17) is 4.42 Å². The van der Waals surface area contributed by atoms with Crippen LogP contribution in [0.2, 0.25) is 0 Å². The molecule has 0 saturated carbocycles. The van der Waals surface area contributed by atoms with Gasteiger partial charge in [-0.05, 0) is 25.7 Å². The first-order valence-corrected chi connectivity index (χ1v) is 16.5. The van der Waals surface area contributed by atoms with Gasteiger partial charge in [0.05, 0.1) is 19.0 Å². The minimum Gasteiger partial charge on any atom is -0.446 e. The van der Waals surface area contributed by atoms with Gasteiger partial charge >= 0.3 is 0 Å². The van der Waals surface area contributed by atoms with Crippen LogP contribution in [-0.4, -0.2) is 62.0 Å². The average Bonchev–Trinajstić information content (AvgIpc) is 3.56. The molecule has 3 heterocycles. The molecule has 0 radical (unpaired) electrons. The normalized spacial score (nSPS) is 23.8. The number of nitrogens with one attached hydrogen (secondary N) is 3. The average molecular weight is 606 g/mol. The number of hydrogen-bond acceptors (Lipinski definition) is 9. The van der Waals surface area contributed by atoms with Crippen LogP contribution in [0.5, 0.6) is 0 Å². The quantitative estimate of drug-likeness (QED) is 0.252. The monoisotopic (exact) mass is 605 g/mol. The molecule has 12 heteroatoms. The van der Waals surface area contributed by atoms with Crippen molar-refractivity contribution in [1.82, 2.24) is 20.9 Å². The summed E-state index contributed by atoms with van der Waals surface area (Å²) in [5.74, 6) is 0.165. The largest absolute Gasteiger partial charge is 0.446 e. The molecule has 10 nitrogen and oxygen atoms in total. The van der Waals surface area contributed by atoms with E-state index in [-0.39, 0.29) is 41.7 Å². The SMILES string of the molecule is CCCCCCCC(=O)SCC/C=C/[C@@H]1CC(=O)NCc2nc(co2)C2=N[C@@](C)(CS2)C(=O)NC(C(C)C)C(=O)N1. The van der Waals surface area contributed by atoms with E-state index in [1.54, 1.807) is 13.0 Å². The third-order valence-corrected chi connectivity index (χ3v) is 9.15. The van der Waals surface area contributed by atoms with E-state index >= 15 is 0 Å². The van der Waals surface area contributed by atoms with Crippen molar-refractivity contribution < 1.29 is 23.6 Å². The lowest BCUT2D eigenvalue weighted by atomic mass is 9.99. The molecule has 3 N–H and O–H groups in total. The number of fused-ring (bicyclic) bond motifs is 4. The third-order valence-electron chi connectivity index (χ3n) is 6.90. The second-order valence-electron chi connectivity index (χ2n) is 11.0. The summed E-state index contributed by atoms with van der Waals surface area (Å²) in [6.07, 6.45) is 11.9. The number of carbonyl (C=O) groups is 4. The summed E-state index contributed by atoms with van der Waals surface area (Å²) in [5, 5.41) is 9.39. The zero-order valence-electron chi connectivity index (χ0n) is 24.5. The number of rotatable bonds is 11. The van der Waals surface area contributed by atoms with Crippen LogP contribution in [0.15, 0.2) is 27.8 Å². The van der Waals surface area contributed by atoms with E-state index in [1.807, 2.05) is 19.9 Å². The molecule has 1 unspecified atom stereocenters. The van der Waals surface area contributed by atoms with Gasteiger partial charge in [0.15, 0.2) is 5.12 Å². The van der Waals surface area contributed by atoms with Crippen molar-refractivity contribution in [3.8, 4) is 0 Å². The Labute approximate surface area is 251 Å². The van der Waals surface area contributed by atoms with Crippen LogP contribution in [0.4, 0.5) is 0 Å². The molecular formula is C29H43N5O5S2. The minimum atomic E-state index is -1.05. The highest BCUT2D eigenvalue weighted by Gasteiger charge is 2.41. The molecule has 0 fully saturated rings. The fourth-order valence-corrected chi connectivity index (χ4v) is 6.29. The molecule has 3 amide bonds. The third kappa shape index (κ3) is 10.3. The molecule has 1 aromatic heterocycles. The lowest BCUT2D eigenvalue weighted by Crippen LogP contribution is -2.56. The maximum Gasteiger partial charge on any atom is 0.249 e. The highest BCUT2D eigenvalue weighted by atomic mass is 32.2. The van der Waals surface area contributed by atoms with E-state index in [0.29, 0.717) is 41.0 Å². The molecule has 0 saturated heterocycles. The van der Waals surface area contributed by atoms with Crippen molar-refractivity contribution in [2.24, 2.45) is 10.9 Å². The van der Waals surface area contributed by atoms with Gasteiger partial charge in [-0.3, -0.25) is 24.2 Å². The molecule has 2 aliphatic rings. The molecule has 3 atom stereocenters. The second kappa shape index (κ2) is 16.1. The number of unbranched alkanes of at least 4 members (excludes halogenated alkanes) is 4. The lowest BCUT2D eigenvalue weighted by Gasteiger charge is -2.27. The molecule has 226 valence electrons. The first-order chi connectivity index (χ1) is 19.6. The maximum atomic E-state index is 13.3. The summed E-state index contributed by atoms with van der Waals surface area (Å²) in [4.78, 5) is 60.6. The van der Waals surface area contributed by atoms with E-state index in [2.05, 4.69) is 32.9 Å². The Bertz CT molecular complexity index is 1130. The number of oxazole rings is 1. The topological polar surface area (TPSA) is 143 Å². The summed E-state index contributed by atoms with van der Waals surface area (Å²) in [5.41, 5.74) is -0.545. The van der Waals surface area contributed by atoms with Gasteiger partial charge in [0, 0.05) is 17.9 Å². The summed E-state index contributed by atoms with van der Waals surface area (Å²) < 4.78 is 5.51. The molecule has 4 bridgehead atoms. The van der Waals surface area contributed by atoms with Crippen LogP contribution in [0.3, 0.4) is 0 Å². The number of nitrogens with zero attached hydrogens (tertiary/aromatic N) is 2. The number of aliphatic imine (C=N–C) groups is 1. The predicted molar refractivity (Wildman–Crippen MR) is 164 cm³/mol. The number of aromatic nitrogens is 1. The second-order valence-corrected chi connectivity index (χ2v) is 13.1. The zero-order valence-corrected chi connectivity index (χ0v) is 26.1. The molecule has 1 aromatic rings. The number of allylic oxidation sites excluding steroid dienone is 1. The van der Waals surface area contributed by atoms with E-state index < -0.39 is 17.6 Å². The Morgan fingerprint density at radius 1 is 1.22 bits per heavy atom. The molecule has 0 spiro atoms. The number of hydrogen-bond donors (Lipinski definition) is 3. The smallest absolute Gasteiger partial charge is 0.249 e. The van der Waals surface area contributed by atoms with Crippen LogP contribution in [0, 0.1) is 5.92 Å². The number of amides is 3. The van der Waals surface area contributed by atoms with E-state index in [9.17, 15) is 19.2 Å². The Morgan fingerprint density at radius 3 is 2.76 bits per heavy atom. The lowest BCUT2D eigenvalue weighted by molar-refractivity contribution is -0.132. The Hall–Kier alpha value is -2.60. The number of carbonyl (C=O) groups excluding carboxylic acids is 4. The molecule has 0 aromatic carbocycles. The molecular weight excluding hydrogens is 562 g/mol. The van der Waals surface area contributed by atoms with Crippen LogP contribution < -0.4 is 16.0 Å². The van der Waals surface area contributed by atoms with Gasteiger partial charge in [0.25, 0.3) is 0 Å². The van der Waals surface area contributed by atoms with Gasteiger partial charge in [-0.15, -0.1) is 11.8 Å². The fraction of sp³-hybridized carbons (Fsp3) is 0.655. The van der Waals surface area contributed by atoms with Crippen molar-refractivity contribution >= 4 is 51.4 Å². The van der Waals surface area contributed by atoms with Crippen LogP contribution in [0.25, 0.3) is 0 Å². The number of thioether (sulfide) groups is 2. The fourth-order valence-electron chi connectivity index (χ4n) is 4.40. The summed E-state index contributed by atoms with van der Waals surface area (Å²) >= 11 is 2.72. The Balaban J connectivity index is 1.66. The summed E-state index contributed by atoms with van der Waals surface area (Å²) in [7, 11) is 0. The Kier molecular flexibility index (Phi) is 13.0. The molecule has 41 heavy (non-hydrogen) atoms. The molecule has 3 rings (SSSR count). The van der Waals surface area contributed by atoms with Gasteiger partial charge in [-0.1, -0.05) is 70.4 Å². The van der Waals surface area contributed by atoms with Crippen molar-refractivity contribution in [2.75, 3.05) is 11.5 Å². The zero-order chi connectivity index (χ0) is 29.8. The molecule has 2 aliphatic heterocycles. The highest BCUT2D eigenvalue weighted by molar-refractivity contribution is 8.14. The van der Waals surface area contributed by atoms with Gasteiger partial charge in [-0.2, -0.15) is 0 Å². The van der Waals surface area contributed by atoms with Gasteiger partial charge in [-0.25, -0.2) is 4.98 Å². The first kappa shape index (κ1) is 32.9. The predicted octanol–water partition coefficient (Wildman–Crippen LogP) is 4.14. The van der Waals surface area contributed by atoms with Crippen molar-refractivity contribution in [3.63, 3.8) is 0 Å². The maximum absolute atomic E-state index is 13.3. The van der Waals surface area contributed by atoms with E-state index in [0.717, 1.165) is 12.8 Å². The van der Waals surface area contributed by atoms with Crippen molar-refractivity contribution in [2.45, 2.75) is 103 Å². The van der Waals surface area contributed by atoms with Gasteiger partial charge in [0.1, 0.15) is 28.6 Å². The van der Waals surface area contributed by atoms with Crippen molar-refractivity contribution in [3.05, 3.63) is 30.0 Å². The van der Waals surface area contributed by atoms with Crippen LogP contribution in [0.1, 0.15) is 90.6 Å². The summed E-state index contributed by atoms with van der Waals surface area (Å²) in [6.45, 7) is 7.71. The Morgan fingerprint density at radius 2 is 2.00 bits per heavy atom. The van der Waals surface area contributed by atoms with E-state index in [1.165, 1.54) is 49.0 Å². The minimum absolute atomic E-state index is 0.00131. The van der Waals surface area contributed by atoms with Crippen molar-refractivity contribution in [1.29, 1.82) is 0 Å². The first-order valence-electron chi connectivity index (χ1n) is 14.5. The van der Waals surface area contributed by atoms with Gasteiger partial charge in [0.2, 0.25) is 23.6 Å². The highest BCUT2D eigenvalue weighted by Crippen LogP contribution is 2.31. The summed E-state index contributed by atoms with van der Waals surface area (Å²) in [6, 6.07) is -1.41. The standard InChI is InChI=1S/C29H43N5O5S2/c1-5-6-7-8-9-13-24(36)40-14-11-10-12-20-15-22(35)30-16-23-32-21(17-39-23)27-34-29(4,18-41-27)28(38)33-25(19(2)3)26(37)31-20/h10,12,17,19-20,25H,5-9,11,13-16,18H2,1-4H3,(H,30,35)(H,31,37)(H,33,38)/b12-10+/t20-,25?,29+/m1/s1. The van der Waals surface area contributed by atoms with Crippen LogP contribution in [-0.2, 0) is 25.7 Å². The van der Waals surface area contributed by atoms with Gasteiger partial charge < -0.3 is 20.4 Å².